The Kier molecular flexibility index (Phi) is 6.01. The summed E-state index contributed by atoms with van der Waals surface area (Å²) >= 11 is 0. The third-order valence-corrected chi connectivity index (χ3v) is 3.20. The first-order valence-corrected chi connectivity index (χ1v) is 6.51. The van der Waals surface area contributed by atoms with Crippen LogP contribution >= 0.6 is 12.4 Å². The zero-order valence-electron chi connectivity index (χ0n) is 11.8. The summed E-state index contributed by atoms with van der Waals surface area (Å²) in [6.45, 7) is 2.49. The van der Waals surface area contributed by atoms with E-state index in [1.165, 1.54) is 6.07 Å². The Morgan fingerprint density at radius 1 is 1.50 bits per heavy atom. The zero-order valence-corrected chi connectivity index (χ0v) is 12.7. The van der Waals surface area contributed by atoms with Gasteiger partial charge in [0.1, 0.15) is 6.10 Å². The highest BCUT2D eigenvalue weighted by atomic mass is 35.5. The van der Waals surface area contributed by atoms with Gasteiger partial charge < -0.3 is 15.4 Å². The van der Waals surface area contributed by atoms with Crippen LogP contribution in [-0.2, 0) is 11.0 Å². The van der Waals surface area contributed by atoms with E-state index < -0.39 is 17.8 Å². The molecule has 0 bridgehead atoms. The molecule has 1 fully saturated rings. The number of likely N-dealkylation sites (tertiary alicyclic amines) is 1. The van der Waals surface area contributed by atoms with E-state index in [9.17, 15) is 18.0 Å². The monoisotopic (exact) mass is 339 g/mol. The second-order valence-electron chi connectivity index (χ2n) is 4.98. The van der Waals surface area contributed by atoms with E-state index in [1.54, 1.807) is 11.8 Å². The van der Waals surface area contributed by atoms with Crippen LogP contribution in [0.1, 0.15) is 18.9 Å². The predicted molar refractivity (Wildman–Crippen MR) is 75.7 cm³/mol. The van der Waals surface area contributed by atoms with Gasteiger partial charge in [-0.2, -0.15) is 13.2 Å². The van der Waals surface area contributed by atoms with Crippen molar-refractivity contribution in [1.82, 2.24) is 9.88 Å². The van der Waals surface area contributed by atoms with Gasteiger partial charge in [0.05, 0.1) is 18.2 Å². The van der Waals surface area contributed by atoms with Crippen molar-refractivity contribution in [1.29, 1.82) is 0 Å². The number of nitrogens with zero attached hydrogens (tertiary/aromatic N) is 2. The summed E-state index contributed by atoms with van der Waals surface area (Å²) in [6, 6.07) is 1.52. The number of rotatable bonds is 3. The van der Waals surface area contributed by atoms with Gasteiger partial charge in [0.2, 0.25) is 11.8 Å². The van der Waals surface area contributed by atoms with Crippen LogP contribution in [0.5, 0.6) is 5.88 Å². The van der Waals surface area contributed by atoms with Crippen LogP contribution in [0.4, 0.5) is 13.2 Å². The van der Waals surface area contributed by atoms with Crippen molar-refractivity contribution in [2.75, 3.05) is 13.1 Å². The maximum atomic E-state index is 12.4. The van der Waals surface area contributed by atoms with Crippen LogP contribution in [0.15, 0.2) is 18.3 Å². The molecule has 0 spiro atoms. The van der Waals surface area contributed by atoms with Gasteiger partial charge in [0, 0.05) is 25.2 Å². The number of pyridine rings is 1. The molecule has 5 nitrogen and oxygen atoms in total. The summed E-state index contributed by atoms with van der Waals surface area (Å²) in [5, 5.41) is 0. The number of halogens is 4. The van der Waals surface area contributed by atoms with Crippen LogP contribution in [-0.4, -0.2) is 41.0 Å². The first-order valence-electron chi connectivity index (χ1n) is 6.51. The molecule has 2 N–H and O–H groups in total. The fourth-order valence-corrected chi connectivity index (χ4v) is 2.10. The van der Waals surface area contributed by atoms with Gasteiger partial charge in [-0.3, -0.25) is 4.79 Å². The highest BCUT2D eigenvalue weighted by Gasteiger charge is 2.32. The number of hydrogen-bond donors (Lipinski definition) is 1. The number of ether oxygens (including phenoxy) is 1. The number of hydrogen-bond acceptors (Lipinski definition) is 4. The Balaban J connectivity index is 0.00000242. The molecule has 2 rings (SSSR count). The Morgan fingerprint density at radius 3 is 2.68 bits per heavy atom. The zero-order chi connectivity index (χ0) is 15.6. The molecule has 0 aliphatic carbocycles. The molecule has 22 heavy (non-hydrogen) atoms. The summed E-state index contributed by atoms with van der Waals surface area (Å²) in [7, 11) is 0. The fraction of sp³-hybridized carbons (Fsp3) is 0.538. The van der Waals surface area contributed by atoms with Crippen molar-refractivity contribution in [3.63, 3.8) is 0 Å². The van der Waals surface area contributed by atoms with Crippen molar-refractivity contribution in [2.24, 2.45) is 5.73 Å². The highest BCUT2D eigenvalue weighted by Crippen LogP contribution is 2.29. The summed E-state index contributed by atoms with van der Waals surface area (Å²) < 4.78 is 42.7. The van der Waals surface area contributed by atoms with Crippen molar-refractivity contribution < 1.29 is 22.7 Å². The normalized spacial score (nSPS) is 19.5. The average Bonchev–Trinajstić information content (AvgIpc) is 2.85. The van der Waals surface area contributed by atoms with E-state index >= 15 is 0 Å². The second-order valence-corrected chi connectivity index (χ2v) is 4.98. The molecule has 0 radical (unpaired) electrons. The van der Waals surface area contributed by atoms with Crippen molar-refractivity contribution in [3.05, 3.63) is 23.9 Å². The number of aromatic nitrogens is 1. The molecule has 1 aromatic heterocycles. The lowest BCUT2D eigenvalue weighted by atomic mass is 10.3. The van der Waals surface area contributed by atoms with Gasteiger partial charge in [-0.25, -0.2) is 4.98 Å². The number of carbonyl (C=O) groups is 1. The molecule has 1 aliphatic heterocycles. The van der Waals surface area contributed by atoms with Crippen molar-refractivity contribution >= 4 is 18.3 Å². The highest BCUT2D eigenvalue weighted by molar-refractivity contribution is 5.85. The summed E-state index contributed by atoms with van der Waals surface area (Å²) in [4.78, 5) is 16.9. The smallest absolute Gasteiger partial charge is 0.417 e. The summed E-state index contributed by atoms with van der Waals surface area (Å²) in [5.41, 5.74) is 4.70. The fourth-order valence-electron chi connectivity index (χ4n) is 2.10. The third kappa shape index (κ3) is 4.48. The average molecular weight is 340 g/mol. The minimum absolute atomic E-state index is 0. The summed E-state index contributed by atoms with van der Waals surface area (Å²) in [5.74, 6) is -0.0513. The topological polar surface area (TPSA) is 68.5 Å². The van der Waals surface area contributed by atoms with Crippen LogP contribution in [0.25, 0.3) is 0 Å². The van der Waals surface area contributed by atoms with Gasteiger partial charge >= 0.3 is 6.18 Å². The Morgan fingerprint density at radius 2 is 2.18 bits per heavy atom. The van der Waals surface area contributed by atoms with E-state index in [2.05, 4.69) is 4.98 Å². The largest absolute Gasteiger partial charge is 0.472 e. The van der Waals surface area contributed by atoms with Gasteiger partial charge in [-0.15, -0.1) is 12.4 Å². The number of amides is 1. The van der Waals surface area contributed by atoms with E-state index in [4.69, 9.17) is 10.5 Å². The molecule has 2 heterocycles. The standard InChI is InChI=1S/C13H16F3N3O2.ClH/c1-8(17)12(20)19-5-4-10(7-19)21-11-3-2-9(6-18-11)13(14,15)16;/h2-3,6,8,10H,4-5,7,17H2,1H3;1H. The molecular formula is C13H17ClF3N3O2. The lowest BCUT2D eigenvalue weighted by Gasteiger charge is -2.18. The molecule has 2 atom stereocenters. The van der Waals surface area contributed by atoms with Crippen LogP contribution in [0.2, 0.25) is 0 Å². The Hall–Kier alpha value is -1.54. The molecule has 124 valence electrons. The molecule has 1 aromatic rings. The van der Waals surface area contributed by atoms with Crippen molar-refractivity contribution in [2.45, 2.75) is 31.7 Å². The maximum Gasteiger partial charge on any atom is 0.417 e. The molecule has 0 saturated carbocycles. The van der Waals surface area contributed by atoms with Gasteiger partial charge in [-0.1, -0.05) is 0 Å². The number of carbonyl (C=O) groups excluding carboxylic acids is 1. The van der Waals surface area contributed by atoms with Gasteiger partial charge in [0.25, 0.3) is 0 Å². The molecule has 1 aliphatic rings. The second kappa shape index (κ2) is 7.15. The Labute approximate surface area is 132 Å². The van der Waals surface area contributed by atoms with E-state index in [0.717, 1.165) is 12.3 Å². The van der Waals surface area contributed by atoms with Crippen LogP contribution in [0, 0.1) is 0 Å². The van der Waals surface area contributed by atoms with Crippen LogP contribution in [0.3, 0.4) is 0 Å². The lowest BCUT2D eigenvalue weighted by molar-refractivity contribution is -0.138. The number of nitrogens with two attached hydrogens (primary N) is 1. The third-order valence-electron chi connectivity index (χ3n) is 3.20. The van der Waals surface area contributed by atoms with Crippen LogP contribution < -0.4 is 10.5 Å². The van der Waals surface area contributed by atoms with Crippen molar-refractivity contribution in [3.8, 4) is 5.88 Å². The van der Waals surface area contributed by atoms with E-state index in [0.29, 0.717) is 19.5 Å². The molecule has 1 saturated heterocycles. The minimum atomic E-state index is -4.42. The molecule has 1 amide bonds. The first-order chi connectivity index (χ1) is 9.77. The molecular weight excluding hydrogens is 323 g/mol. The molecule has 0 aromatic carbocycles. The SMILES string of the molecule is CC(N)C(=O)N1CCC(Oc2ccc(C(F)(F)F)cn2)C1.Cl. The number of alkyl halides is 3. The maximum absolute atomic E-state index is 12.4. The summed E-state index contributed by atoms with van der Waals surface area (Å²) in [6.07, 6.45) is -3.37. The quantitative estimate of drug-likeness (QED) is 0.912. The van der Waals surface area contributed by atoms with Gasteiger partial charge in [-0.05, 0) is 13.0 Å². The van der Waals surface area contributed by atoms with E-state index in [-0.39, 0.29) is 30.3 Å². The predicted octanol–water partition coefficient (Wildman–Crippen LogP) is 1.85. The first kappa shape index (κ1) is 18.5. The minimum Gasteiger partial charge on any atom is -0.472 e. The van der Waals surface area contributed by atoms with E-state index in [1.807, 2.05) is 0 Å². The molecule has 9 heteroatoms. The van der Waals surface area contributed by atoms with Gasteiger partial charge in [0.15, 0.2) is 0 Å². The Bertz CT molecular complexity index is 508. The molecule has 2 unspecified atom stereocenters. The lowest BCUT2D eigenvalue weighted by Crippen LogP contribution is -2.41.